The third kappa shape index (κ3) is 3.19. The van der Waals surface area contributed by atoms with Crippen molar-refractivity contribution in [3.8, 4) is 0 Å². The number of carbonyl (C=O) groups excluding carboxylic acids is 1. The fourth-order valence-corrected chi connectivity index (χ4v) is 2.13. The molecule has 0 radical (unpaired) electrons. The molecule has 0 aliphatic heterocycles. The van der Waals surface area contributed by atoms with Crippen molar-refractivity contribution in [1.82, 2.24) is 0 Å². The molecule has 0 aliphatic rings. The van der Waals surface area contributed by atoms with Crippen LogP contribution in [-0.4, -0.2) is 5.91 Å². The van der Waals surface area contributed by atoms with Crippen LogP contribution in [0.1, 0.15) is 10.4 Å². The van der Waals surface area contributed by atoms with Gasteiger partial charge in [0.1, 0.15) is 11.6 Å². The van der Waals surface area contributed by atoms with Crippen molar-refractivity contribution >= 4 is 43.5 Å². The lowest BCUT2D eigenvalue weighted by Gasteiger charge is -2.08. The Balaban J connectivity index is 2.28. The van der Waals surface area contributed by atoms with E-state index in [0.717, 1.165) is 6.07 Å². The Bertz CT molecular complexity index is 626. The molecule has 0 atom stereocenters. The highest BCUT2D eigenvalue weighted by Gasteiger charge is 2.13. The van der Waals surface area contributed by atoms with Crippen LogP contribution in [0.25, 0.3) is 0 Å². The van der Waals surface area contributed by atoms with Crippen LogP contribution in [0, 0.1) is 11.6 Å². The normalized spacial score (nSPS) is 10.3. The molecule has 98 valence electrons. The van der Waals surface area contributed by atoms with Gasteiger partial charge in [0, 0.05) is 10.0 Å². The summed E-state index contributed by atoms with van der Waals surface area (Å²) in [4.78, 5) is 11.9. The summed E-state index contributed by atoms with van der Waals surface area (Å²) in [6.45, 7) is 0. The summed E-state index contributed by atoms with van der Waals surface area (Å²) >= 11 is 6.13. The van der Waals surface area contributed by atoms with Gasteiger partial charge in [-0.1, -0.05) is 6.07 Å². The molecule has 2 aromatic rings. The van der Waals surface area contributed by atoms with Crippen LogP contribution >= 0.6 is 31.9 Å². The Morgan fingerprint density at radius 1 is 1.00 bits per heavy atom. The first-order valence-corrected chi connectivity index (χ1v) is 6.78. The number of para-hydroxylation sites is 1. The molecular formula is C13H7Br2F2NO. The van der Waals surface area contributed by atoms with Crippen molar-refractivity contribution in [1.29, 1.82) is 0 Å². The third-order valence-electron chi connectivity index (χ3n) is 2.38. The van der Waals surface area contributed by atoms with Crippen molar-refractivity contribution in [2.24, 2.45) is 0 Å². The minimum absolute atomic E-state index is 0.0239. The Labute approximate surface area is 125 Å². The van der Waals surface area contributed by atoms with E-state index >= 15 is 0 Å². The first kappa shape index (κ1) is 14.1. The highest BCUT2D eigenvalue weighted by atomic mass is 79.9. The van der Waals surface area contributed by atoms with E-state index in [0.29, 0.717) is 4.47 Å². The van der Waals surface area contributed by atoms with Gasteiger partial charge in [0.2, 0.25) is 0 Å². The lowest BCUT2D eigenvalue weighted by molar-refractivity contribution is 0.102. The molecule has 19 heavy (non-hydrogen) atoms. The molecule has 0 bridgehead atoms. The number of carbonyl (C=O) groups is 1. The second kappa shape index (κ2) is 5.79. The molecule has 0 spiro atoms. The van der Waals surface area contributed by atoms with Gasteiger partial charge in [0.05, 0.1) is 10.2 Å². The van der Waals surface area contributed by atoms with E-state index in [-0.39, 0.29) is 15.7 Å². The smallest absolute Gasteiger partial charge is 0.255 e. The molecule has 0 saturated carbocycles. The lowest BCUT2D eigenvalue weighted by atomic mass is 10.2. The molecule has 1 amide bonds. The van der Waals surface area contributed by atoms with E-state index in [1.165, 1.54) is 24.3 Å². The molecule has 2 nitrogen and oxygen atoms in total. The topological polar surface area (TPSA) is 29.1 Å². The van der Waals surface area contributed by atoms with E-state index in [1.807, 2.05) is 0 Å². The first-order valence-electron chi connectivity index (χ1n) is 5.19. The Hall–Kier alpha value is -1.27. The predicted octanol–water partition coefficient (Wildman–Crippen LogP) is 4.74. The van der Waals surface area contributed by atoms with E-state index in [1.54, 1.807) is 6.07 Å². The van der Waals surface area contributed by atoms with Gasteiger partial charge in [-0.15, -0.1) is 0 Å². The summed E-state index contributed by atoms with van der Waals surface area (Å²) in [6, 6.07) is 8.27. The van der Waals surface area contributed by atoms with Crippen molar-refractivity contribution in [3.63, 3.8) is 0 Å². The fraction of sp³-hybridized carbons (Fsp3) is 0. The average molecular weight is 391 g/mol. The van der Waals surface area contributed by atoms with Gasteiger partial charge in [-0.3, -0.25) is 4.79 Å². The van der Waals surface area contributed by atoms with E-state index < -0.39 is 17.5 Å². The predicted molar refractivity (Wildman–Crippen MR) is 76.2 cm³/mol. The Morgan fingerprint density at radius 2 is 1.74 bits per heavy atom. The van der Waals surface area contributed by atoms with Crippen LogP contribution in [0.4, 0.5) is 14.5 Å². The van der Waals surface area contributed by atoms with Crippen molar-refractivity contribution in [2.45, 2.75) is 0 Å². The summed E-state index contributed by atoms with van der Waals surface area (Å²) < 4.78 is 27.5. The van der Waals surface area contributed by atoms with E-state index in [9.17, 15) is 13.6 Å². The van der Waals surface area contributed by atoms with Crippen LogP contribution in [0.2, 0.25) is 0 Å². The minimum atomic E-state index is -0.586. The number of rotatable bonds is 2. The molecule has 6 heteroatoms. The summed E-state index contributed by atoms with van der Waals surface area (Å²) in [5.74, 6) is -1.71. The van der Waals surface area contributed by atoms with Gasteiger partial charge >= 0.3 is 0 Å². The minimum Gasteiger partial charge on any atom is -0.319 e. The molecule has 0 unspecified atom stereocenters. The number of amides is 1. The van der Waals surface area contributed by atoms with Crippen molar-refractivity contribution in [2.75, 3.05) is 5.32 Å². The molecule has 0 saturated heterocycles. The van der Waals surface area contributed by atoms with Crippen LogP contribution in [-0.2, 0) is 0 Å². The van der Waals surface area contributed by atoms with Crippen LogP contribution in [0.5, 0.6) is 0 Å². The van der Waals surface area contributed by atoms with Gasteiger partial charge in [-0.25, -0.2) is 8.78 Å². The number of halogens is 4. The van der Waals surface area contributed by atoms with E-state index in [2.05, 4.69) is 37.2 Å². The Kier molecular flexibility index (Phi) is 4.31. The summed E-state index contributed by atoms with van der Waals surface area (Å²) in [5.41, 5.74) is 0.131. The van der Waals surface area contributed by atoms with Crippen LogP contribution < -0.4 is 5.32 Å². The molecular weight excluding hydrogens is 384 g/mol. The van der Waals surface area contributed by atoms with Gasteiger partial charge in [-0.2, -0.15) is 0 Å². The molecule has 1 N–H and O–H groups in total. The largest absolute Gasteiger partial charge is 0.319 e. The number of nitrogens with one attached hydrogen (secondary N) is 1. The average Bonchev–Trinajstić information content (AvgIpc) is 2.37. The van der Waals surface area contributed by atoms with Crippen molar-refractivity contribution < 1.29 is 13.6 Å². The standard InChI is InChI=1S/C13H7Br2F2NO/c14-8-5-4-7(6-11(8)17)13(19)18-12-9(15)2-1-3-10(12)16/h1-6H,(H,18,19). The number of hydrogen-bond donors (Lipinski definition) is 1. The van der Waals surface area contributed by atoms with Crippen molar-refractivity contribution in [3.05, 3.63) is 62.5 Å². The fourth-order valence-electron chi connectivity index (χ4n) is 1.44. The van der Waals surface area contributed by atoms with Gasteiger partial charge in [0.25, 0.3) is 5.91 Å². The molecule has 2 rings (SSSR count). The van der Waals surface area contributed by atoms with Gasteiger partial charge in [0.15, 0.2) is 0 Å². The van der Waals surface area contributed by atoms with E-state index in [4.69, 9.17) is 0 Å². The monoisotopic (exact) mass is 389 g/mol. The molecule has 0 aromatic heterocycles. The lowest BCUT2D eigenvalue weighted by Crippen LogP contribution is -2.13. The molecule has 0 aliphatic carbocycles. The zero-order chi connectivity index (χ0) is 14.0. The SMILES string of the molecule is O=C(Nc1c(F)cccc1Br)c1ccc(Br)c(F)c1. The second-order valence-electron chi connectivity index (χ2n) is 3.68. The maximum absolute atomic E-state index is 13.5. The first-order chi connectivity index (χ1) is 8.99. The zero-order valence-corrected chi connectivity index (χ0v) is 12.6. The highest BCUT2D eigenvalue weighted by molar-refractivity contribution is 9.10. The summed E-state index contributed by atoms with van der Waals surface area (Å²) in [7, 11) is 0. The third-order valence-corrected chi connectivity index (χ3v) is 3.69. The second-order valence-corrected chi connectivity index (χ2v) is 5.39. The van der Waals surface area contributed by atoms with Crippen LogP contribution in [0.15, 0.2) is 45.3 Å². The number of hydrogen-bond acceptors (Lipinski definition) is 1. The zero-order valence-electron chi connectivity index (χ0n) is 9.38. The van der Waals surface area contributed by atoms with Gasteiger partial charge < -0.3 is 5.32 Å². The molecule has 0 heterocycles. The number of anilines is 1. The Morgan fingerprint density at radius 3 is 2.37 bits per heavy atom. The summed E-state index contributed by atoms with van der Waals surface area (Å²) in [5, 5.41) is 2.40. The number of benzene rings is 2. The van der Waals surface area contributed by atoms with Gasteiger partial charge in [-0.05, 0) is 62.2 Å². The quantitative estimate of drug-likeness (QED) is 0.788. The molecule has 2 aromatic carbocycles. The highest BCUT2D eigenvalue weighted by Crippen LogP contribution is 2.26. The maximum atomic E-state index is 13.5. The summed E-state index contributed by atoms with van der Waals surface area (Å²) in [6.07, 6.45) is 0. The van der Waals surface area contributed by atoms with Crippen LogP contribution in [0.3, 0.4) is 0 Å². The maximum Gasteiger partial charge on any atom is 0.255 e. The molecule has 0 fully saturated rings.